The van der Waals surface area contributed by atoms with Crippen molar-refractivity contribution >= 4 is 11.4 Å². The highest BCUT2D eigenvalue weighted by Gasteiger charge is 2.16. The molecule has 0 unspecified atom stereocenters. The first-order chi connectivity index (χ1) is 11.0. The molecule has 118 valence electrons. The van der Waals surface area contributed by atoms with Gasteiger partial charge in [0.05, 0.1) is 11.4 Å². The highest BCUT2D eigenvalue weighted by molar-refractivity contribution is 5.63. The average molecular weight is 309 g/mol. The number of phenols is 1. The number of nitrogens with zero attached hydrogens (tertiary/aromatic N) is 2. The molecule has 5 nitrogen and oxygen atoms in total. The highest BCUT2D eigenvalue weighted by Crippen LogP contribution is 2.24. The van der Waals surface area contributed by atoms with Gasteiger partial charge in [0.25, 0.3) is 5.56 Å². The van der Waals surface area contributed by atoms with E-state index < -0.39 is 0 Å². The third-order valence-corrected chi connectivity index (χ3v) is 4.02. The number of anilines is 2. The maximum atomic E-state index is 12.8. The highest BCUT2D eigenvalue weighted by atomic mass is 16.3. The van der Waals surface area contributed by atoms with Crippen molar-refractivity contribution in [2.24, 2.45) is 7.05 Å². The van der Waals surface area contributed by atoms with Gasteiger partial charge in [-0.2, -0.15) is 0 Å². The number of hydrogen-bond donors (Lipinski definition) is 2. The molecule has 0 bridgehead atoms. The zero-order valence-corrected chi connectivity index (χ0v) is 13.4. The van der Waals surface area contributed by atoms with E-state index in [1.807, 2.05) is 62.0 Å². The molecule has 0 fully saturated rings. The fourth-order valence-electron chi connectivity index (χ4n) is 2.59. The number of aryl methyl sites for hydroxylation is 1. The maximum Gasteiger partial charge on any atom is 0.295 e. The van der Waals surface area contributed by atoms with E-state index in [1.54, 1.807) is 16.8 Å². The van der Waals surface area contributed by atoms with Crippen molar-refractivity contribution in [3.63, 3.8) is 0 Å². The second kappa shape index (κ2) is 5.68. The van der Waals surface area contributed by atoms with Crippen LogP contribution in [0.5, 0.6) is 5.75 Å². The fourth-order valence-corrected chi connectivity index (χ4v) is 2.59. The minimum atomic E-state index is -0.109. The standard InChI is InChI=1S/C18H19N3O2/c1-12-11-14(9-10-16(12)22)19-17-13(2)20(3)21(18(17)23)15-7-5-4-6-8-15/h4-11,19,22H,1-3H3. The third kappa shape index (κ3) is 2.61. The molecule has 3 aromatic rings. The number of aromatic hydroxyl groups is 1. The molecule has 1 heterocycles. The first kappa shape index (κ1) is 15.0. The van der Waals surface area contributed by atoms with Gasteiger partial charge in [-0.15, -0.1) is 0 Å². The summed E-state index contributed by atoms with van der Waals surface area (Å²) < 4.78 is 3.46. The predicted octanol–water partition coefficient (Wildman–Crippen LogP) is 3.24. The average Bonchev–Trinajstić information content (AvgIpc) is 2.75. The molecule has 1 aromatic heterocycles. The lowest BCUT2D eigenvalue weighted by molar-refractivity contribution is 0.471. The van der Waals surface area contributed by atoms with Crippen LogP contribution in [0.4, 0.5) is 11.4 Å². The predicted molar refractivity (Wildman–Crippen MR) is 91.9 cm³/mol. The van der Waals surface area contributed by atoms with Crippen LogP contribution in [-0.2, 0) is 7.05 Å². The van der Waals surface area contributed by atoms with Crippen molar-refractivity contribution in [1.29, 1.82) is 0 Å². The van der Waals surface area contributed by atoms with Crippen LogP contribution in [0.3, 0.4) is 0 Å². The van der Waals surface area contributed by atoms with E-state index in [0.717, 1.165) is 22.6 Å². The lowest BCUT2D eigenvalue weighted by Crippen LogP contribution is -2.20. The van der Waals surface area contributed by atoms with Crippen molar-refractivity contribution < 1.29 is 5.11 Å². The maximum absolute atomic E-state index is 12.8. The summed E-state index contributed by atoms with van der Waals surface area (Å²) in [6, 6.07) is 14.7. The van der Waals surface area contributed by atoms with Crippen LogP contribution in [0.15, 0.2) is 53.3 Å². The molecule has 0 saturated carbocycles. The van der Waals surface area contributed by atoms with Crippen LogP contribution < -0.4 is 10.9 Å². The van der Waals surface area contributed by atoms with Crippen molar-refractivity contribution in [3.05, 3.63) is 70.1 Å². The van der Waals surface area contributed by atoms with Crippen LogP contribution in [0.1, 0.15) is 11.3 Å². The van der Waals surface area contributed by atoms with Gasteiger partial charge in [-0.1, -0.05) is 18.2 Å². The van der Waals surface area contributed by atoms with Gasteiger partial charge < -0.3 is 10.4 Å². The fraction of sp³-hybridized carbons (Fsp3) is 0.167. The monoisotopic (exact) mass is 309 g/mol. The van der Waals surface area contributed by atoms with Gasteiger partial charge in [-0.25, -0.2) is 4.68 Å². The number of aromatic nitrogens is 2. The van der Waals surface area contributed by atoms with Crippen molar-refractivity contribution in [2.45, 2.75) is 13.8 Å². The van der Waals surface area contributed by atoms with E-state index >= 15 is 0 Å². The SMILES string of the molecule is Cc1cc(Nc2c(C)n(C)n(-c3ccccc3)c2=O)ccc1O. The Morgan fingerprint density at radius 3 is 2.39 bits per heavy atom. The molecular weight excluding hydrogens is 290 g/mol. The zero-order valence-electron chi connectivity index (χ0n) is 13.4. The molecule has 0 atom stereocenters. The molecule has 0 aliphatic rings. The number of benzene rings is 2. The second-order valence-electron chi connectivity index (χ2n) is 5.56. The minimum absolute atomic E-state index is 0.109. The van der Waals surface area contributed by atoms with E-state index in [9.17, 15) is 9.90 Å². The molecule has 0 spiro atoms. The number of rotatable bonds is 3. The molecular formula is C18H19N3O2. The largest absolute Gasteiger partial charge is 0.508 e. The topological polar surface area (TPSA) is 59.2 Å². The number of para-hydroxylation sites is 1. The Morgan fingerprint density at radius 1 is 1.04 bits per heavy atom. The van der Waals surface area contributed by atoms with Gasteiger partial charge in [0, 0.05) is 12.7 Å². The van der Waals surface area contributed by atoms with Gasteiger partial charge in [0.2, 0.25) is 0 Å². The van der Waals surface area contributed by atoms with Crippen LogP contribution in [0.25, 0.3) is 5.69 Å². The van der Waals surface area contributed by atoms with Crippen LogP contribution in [-0.4, -0.2) is 14.5 Å². The molecule has 0 amide bonds. The minimum Gasteiger partial charge on any atom is -0.508 e. The van der Waals surface area contributed by atoms with Crippen LogP contribution in [0.2, 0.25) is 0 Å². The first-order valence-corrected chi connectivity index (χ1v) is 7.39. The molecule has 5 heteroatoms. The van der Waals surface area contributed by atoms with Gasteiger partial charge in [-0.05, 0) is 49.7 Å². The first-order valence-electron chi connectivity index (χ1n) is 7.39. The van der Waals surface area contributed by atoms with E-state index in [0.29, 0.717) is 5.69 Å². The van der Waals surface area contributed by atoms with Gasteiger partial charge in [-0.3, -0.25) is 9.48 Å². The normalized spacial score (nSPS) is 10.7. The summed E-state index contributed by atoms with van der Waals surface area (Å²) in [6.07, 6.45) is 0. The van der Waals surface area contributed by atoms with E-state index in [1.165, 1.54) is 0 Å². The van der Waals surface area contributed by atoms with Crippen LogP contribution in [0, 0.1) is 13.8 Å². The Labute approximate surface area is 134 Å². The molecule has 2 N–H and O–H groups in total. The molecule has 0 radical (unpaired) electrons. The lowest BCUT2D eigenvalue weighted by atomic mass is 10.2. The third-order valence-electron chi connectivity index (χ3n) is 4.02. The Hall–Kier alpha value is -2.95. The number of phenolic OH excluding ortho intramolecular Hbond substituents is 1. The molecule has 0 aliphatic carbocycles. The van der Waals surface area contributed by atoms with Crippen LogP contribution >= 0.6 is 0 Å². The smallest absolute Gasteiger partial charge is 0.295 e. The quantitative estimate of drug-likeness (QED) is 0.730. The molecule has 2 aromatic carbocycles. The Bertz CT molecular complexity index is 908. The lowest BCUT2D eigenvalue weighted by Gasteiger charge is -2.07. The van der Waals surface area contributed by atoms with Gasteiger partial charge >= 0.3 is 0 Å². The van der Waals surface area contributed by atoms with Crippen molar-refractivity contribution in [2.75, 3.05) is 5.32 Å². The summed E-state index contributed by atoms with van der Waals surface area (Å²) in [5.74, 6) is 0.238. The summed E-state index contributed by atoms with van der Waals surface area (Å²) in [6.45, 7) is 3.72. The second-order valence-corrected chi connectivity index (χ2v) is 5.56. The summed E-state index contributed by atoms with van der Waals surface area (Å²) >= 11 is 0. The van der Waals surface area contributed by atoms with E-state index in [4.69, 9.17) is 0 Å². The molecule has 23 heavy (non-hydrogen) atoms. The number of nitrogens with one attached hydrogen (secondary N) is 1. The Kier molecular flexibility index (Phi) is 3.70. The van der Waals surface area contributed by atoms with Crippen molar-refractivity contribution in [3.8, 4) is 11.4 Å². The number of hydrogen-bond acceptors (Lipinski definition) is 3. The van der Waals surface area contributed by atoms with E-state index in [2.05, 4.69) is 5.32 Å². The molecule has 3 rings (SSSR count). The van der Waals surface area contributed by atoms with Gasteiger partial charge in [0.1, 0.15) is 11.4 Å². The summed E-state index contributed by atoms with van der Waals surface area (Å²) in [4.78, 5) is 12.8. The summed E-state index contributed by atoms with van der Waals surface area (Å²) in [7, 11) is 1.86. The van der Waals surface area contributed by atoms with Gasteiger partial charge in [0.15, 0.2) is 0 Å². The Morgan fingerprint density at radius 2 is 1.74 bits per heavy atom. The zero-order chi connectivity index (χ0) is 16.6. The molecule has 0 saturated heterocycles. The summed E-state index contributed by atoms with van der Waals surface area (Å²) in [5.41, 5.74) is 3.60. The van der Waals surface area contributed by atoms with Crippen molar-refractivity contribution in [1.82, 2.24) is 9.36 Å². The summed E-state index contributed by atoms with van der Waals surface area (Å²) in [5, 5.41) is 12.8. The van der Waals surface area contributed by atoms with E-state index in [-0.39, 0.29) is 11.3 Å². The molecule has 0 aliphatic heterocycles. The Balaban J connectivity index is 2.07.